The molecule has 0 unspecified atom stereocenters. The Bertz CT molecular complexity index is 3130. The number of fused-ring (bicyclic) bond motifs is 9. The highest BCUT2D eigenvalue weighted by molar-refractivity contribution is 6.19. The van der Waals surface area contributed by atoms with Crippen LogP contribution in [0.1, 0.15) is 0 Å². The molecular weight excluding hydrogens is 625 g/mol. The molecule has 5 nitrogen and oxygen atoms in total. The van der Waals surface area contributed by atoms with Gasteiger partial charge in [0.15, 0.2) is 5.82 Å². The van der Waals surface area contributed by atoms with Gasteiger partial charge in [0.1, 0.15) is 5.58 Å². The first-order valence-corrected chi connectivity index (χ1v) is 17.2. The number of para-hydroxylation sites is 4. The van der Waals surface area contributed by atoms with Gasteiger partial charge in [-0.2, -0.15) is 4.98 Å². The molecule has 5 heteroatoms. The molecule has 0 atom stereocenters. The molecule has 238 valence electrons. The summed E-state index contributed by atoms with van der Waals surface area (Å²) in [4.78, 5) is 10.2. The van der Waals surface area contributed by atoms with Gasteiger partial charge >= 0.3 is 0 Å². The molecule has 0 N–H and O–H groups in total. The minimum absolute atomic E-state index is 0.582. The average molecular weight is 653 g/mol. The lowest BCUT2D eigenvalue weighted by molar-refractivity contribution is 0.653. The fourth-order valence-corrected chi connectivity index (χ4v) is 7.91. The van der Waals surface area contributed by atoms with Gasteiger partial charge in [-0.3, -0.25) is 0 Å². The number of nitrogens with zero attached hydrogens (tertiary/aromatic N) is 4. The van der Waals surface area contributed by atoms with E-state index in [1.807, 2.05) is 48.5 Å². The first-order chi connectivity index (χ1) is 25.3. The van der Waals surface area contributed by atoms with Gasteiger partial charge in [-0.25, -0.2) is 4.98 Å². The first-order valence-electron chi connectivity index (χ1n) is 17.2. The molecule has 0 radical (unpaired) electrons. The van der Waals surface area contributed by atoms with Crippen molar-refractivity contribution < 1.29 is 4.42 Å². The molecule has 11 aromatic rings. The van der Waals surface area contributed by atoms with Crippen molar-refractivity contribution in [2.24, 2.45) is 0 Å². The maximum atomic E-state index is 6.35. The molecule has 0 saturated heterocycles. The quantitative estimate of drug-likeness (QED) is 0.190. The summed E-state index contributed by atoms with van der Waals surface area (Å²) in [6.45, 7) is 0. The van der Waals surface area contributed by atoms with Gasteiger partial charge in [0, 0.05) is 49.4 Å². The monoisotopic (exact) mass is 652 g/mol. The summed E-state index contributed by atoms with van der Waals surface area (Å²) < 4.78 is 11.1. The van der Waals surface area contributed by atoms with E-state index >= 15 is 0 Å². The molecule has 0 aliphatic rings. The predicted molar refractivity (Wildman–Crippen MR) is 209 cm³/mol. The molecule has 11 rings (SSSR count). The van der Waals surface area contributed by atoms with Crippen molar-refractivity contribution in [2.45, 2.75) is 0 Å². The van der Waals surface area contributed by atoms with E-state index < -0.39 is 0 Å². The summed E-state index contributed by atoms with van der Waals surface area (Å²) in [5, 5.41) is 6.83. The molecule has 0 saturated carbocycles. The van der Waals surface area contributed by atoms with E-state index in [4.69, 9.17) is 14.4 Å². The second-order valence-electron chi connectivity index (χ2n) is 13.0. The Morgan fingerprint density at radius 2 is 0.961 bits per heavy atom. The molecule has 0 aliphatic carbocycles. The lowest BCUT2D eigenvalue weighted by atomic mass is 10.0. The summed E-state index contributed by atoms with van der Waals surface area (Å²) in [6, 6.07) is 59.7. The molecule has 4 heterocycles. The SMILES string of the molecule is c1ccc(-c2nc(-c3cccc(-n4c5ccccc5c5cc6c7ccccc7n(-c7ccccc7)c6cc54)c3)c3c(n2)oc2ccccc23)cc1. The van der Waals surface area contributed by atoms with Crippen molar-refractivity contribution in [3.8, 4) is 34.0 Å². The third-order valence-corrected chi connectivity index (χ3v) is 10.1. The highest BCUT2D eigenvalue weighted by atomic mass is 16.3. The highest BCUT2D eigenvalue weighted by Gasteiger charge is 2.21. The standard InChI is InChI=1S/C46H28N4O/c1-3-14-29(15-4-1)45-47-44(43-35-22-9-12-25-42(35)51-46(43)48-45)30-16-13-19-32(26-30)50-39-24-11-8-21-34(39)37-27-36-33-20-7-10-23-38(33)49(40(36)28-41(37)50)31-17-5-2-6-18-31/h1-28H. The Morgan fingerprint density at radius 3 is 1.69 bits per heavy atom. The molecule has 7 aromatic carbocycles. The minimum atomic E-state index is 0.582. The Hall–Kier alpha value is -6.98. The van der Waals surface area contributed by atoms with Gasteiger partial charge in [-0.05, 0) is 54.6 Å². The van der Waals surface area contributed by atoms with Crippen LogP contribution in [0.3, 0.4) is 0 Å². The third kappa shape index (κ3) is 4.15. The van der Waals surface area contributed by atoms with Gasteiger partial charge < -0.3 is 13.6 Å². The van der Waals surface area contributed by atoms with Gasteiger partial charge in [0.25, 0.3) is 0 Å². The van der Waals surface area contributed by atoms with E-state index in [1.165, 1.54) is 32.6 Å². The summed E-state index contributed by atoms with van der Waals surface area (Å²) >= 11 is 0. The number of hydrogen-bond donors (Lipinski definition) is 0. The molecule has 0 spiro atoms. The van der Waals surface area contributed by atoms with Crippen LogP contribution in [0.15, 0.2) is 174 Å². The smallest absolute Gasteiger partial charge is 0.231 e. The van der Waals surface area contributed by atoms with E-state index in [2.05, 4.69) is 130 Å². The van der Waals surface area contributed by atoms with E-state index in [0.29, 0.717) is 11.5 Å². The van der Waals surface area contributed by atoms with Crippen molar-refractivity contribution in [2.75, 3.05) is 0 Å². The molecule has 4 aromatic heterocycles. The van der Waals surface area contributed by atoms with E-state index in [1.54, 1.807) is 0 Å². The summed E-state index contributed by atoms with van der Waals surface area (Å²) in [5.74, 6) is 0.635. The number of benzene rings is 7. The van der Waals surface area contributed by atoms with Crippen molar-refractivity contribution in [1.29, 1.82) is 0 Å². The van der Waals surface area contributed by atoms with Crippen LogP contribution in [0.5, 0.6) is 0 Å². The minimum Gasteiger partial charge on any atom is -0.438 e. The van der Waals surface area contributed by atoms with Gasteiger partial charge in [0.2, 0.25) is 5.71 Å². The lowest BCUT2D eigenvalue weighted by Gasteiger charge is -2.12. The van der Waals surface area contributed by atoms with Crippen LogP contribution in [0, 0.1) is 0 Å². The van der Waals surface area contributed by atoms with Gasteiger partial charge in [-0.1, -0.05) is 115 Å². The van der Waals surface area contributed by atoms with Crippen molar-refractivity contribution >= 4 is 65.7 Å². The highest BCUT2D eigenvalue weighted by Crippen LogP contribution is 2.41. The van der Waals surface area contributed by atoms with Crippen molar-refractivity contribution in [3.05, 3.63) is 170 Å². The Kier molecular flexibility index (Phi) is 5.89. The fourth-order valence-electron chi connectivity index (χ4n) is 7.91. The van der Waals surface area contributed by atoms with E-state index in [9.17, 15) is 0 Å². The Balaban J connectivity index is 1.20. The lowest BCUT2D eigenvalue weighted by Crippen LogP contribution is -1.97. The molecule has 0 fully saturated rings. The first kappa shape index (κ1) is 27.9. The zero-order valence-corrected chi connectivity index (χ0v) is 27.4. The van der Waals surface area contributed by atoms with Crippen LogP contribution >= 0.6 is 0 Å². The average Bonchev–Trinajstić information content (AvgIpc) is 3.84. The number of aromatic nitrogens is 4. The number of furan rings is 1. The second-order valence-corrected chi connectivity index (χ2v) is 13.0. The zero-order chi connectivity index (χ0) is 33.5. The summed E-state index contributed by atoms with van der Waals surface area (Å²) in [5.41, 5.74) is 11.0. The molecule has 0 aliphatic heterocycles. The molecule has 0 amide bonds. The van der Waals surface area contributed by atoms with Crippen LogP contribution in [-0.4, -0.2) is 19.1 Å². The molecule has 0 bridgehead atoms. The van der Waals surface area contributed by atoms with Gasteiger partial charge in [0.05, 0.1) is 33.1 Å². The van der Waals surface area contributed by atoms with Crippen LogP contribution < -0.4 is 0 Å². The Labute approximate surface area is 292 Å². The topological polar surface area (TPSA) is 48.8 Å². The Morgan fingerprint density at radius 1 is 0.392 bits per heavy atom. The second kappa shape index (κ2) is 10.8. The predicted octanol–water partition coefficient (Wildman–Crippen LogP) is 11.9. The fraction of sp³-hybridized carbons (Fsp3) is 0. The molecule has 51 heavy (non-hydrogen) atoms. The van der Waals surface area contributed by atoms with Crippen molar-refractivity contribution in [1.82, 2.24) is 19.1 Å². The van der Waals surface area contributed by atoms with E-state index in [0.717, 1.165) is 55.6 Å². The molecular formula is C46H28N4O. The van der Waals surface area contributed by atoms with Crippen LogP contribution in [0.4, 0.5) is 0 Å². The zero-order valence-electron chi connectivity index (χ0n) is 27.4. The summed E-state index contributed by atoms with van der Waals surface area (Å²) in [6.07, 6.45) is 0. The van der Waals surface area contributed by atoms with Crippen molar-refractivity contribution in [3.63, 3.8) is 0 Å². The maximum absolute atomic E-state index is 6.35. The number of rotatable bonds is 4. The summed E-state index contributed by atoms with van der Waals surface area (Å²) in [7, 11) is 0. The van der Waals surface area contributed by atoms with Crippen LogP contribution in [0.25, 0.3) is 99.7 Å². The van der Waals surface area contributed by atoms with Crippen LogP contribution in [-0.2, 0) is 0 Å². The number of hydrogen-bond acceptors (Lipinski definition) is 3. The van der Waals surface area contributed by atoms with Gasteiger partial charge in [-0.15, -0.1) is 0 Å². The largest absolute Gasteiger partial charge is 0.438 e. The van der Waals surface area contributed by atoms with Crippen LogP contribution in [0.2, 0.25) is 0 Å². The van der Waals surface area contributed by atoms with E-state index in [-0.39, 0.29) is 0 Å². The third-order valence-electron chi connectivity index (χ3n) is 10.1. The normalized spacial score (nSPS) is 11.9. The maximum Gasteiger partial charge on any atom is 0.231 e.